The molecule has 1 aromatic rings. The first kappa shape index (κ1) is 14.1. The maximum Gasteiger partial charge on any atom is 0.244 e. The Morgan fingerprint density at radius 3 is 2.78 bits per heavy atom. The summed E-state index contributed by atoms with van der Waals surface area (Å²) in [7, 11) is -3.59. The molecule has 0 unspecified atom stereocenters. The van der Waals surface area contributed by atoms with Gasteiger partial charge in [-0.1, -0.05) is 23.2 Å². The highest BCUT2D eigenvalue weighted by atomic mass is 35.5. The molecule has 18 heavy (non-hydrogen) atoms. The first-order valence-electron chi connectivity index (χ1n) is 5.60. The van der Waals surface area contributed by atoms with Gasteiger partial charge in [-0.15, -0.1) is 0 Å². The maximum absolute atomic E-state index is 12.5. The Hall–Kier alpha value is -0.330. The van der Waals surface area contributed by atoms with E-state index in [1.807, 2.05) is 6.92 Å². The number of nitrogens with zero attached hydrogens (tertiary/aromatic N) is 1. The van der Waals surface area contributed by atoms with Gasteiger partial charge in [-0.25, -0.2) is 8.42 Å². The van der Waals surface area contributed by atoms with Crippen molar-refractivity contribution in [2.24, 2.45) is 0 Å². The largest absolute Gasteiger partial charge is 0.314 e. The molecule has 1 atom stereocenters. The minimum atomic E-state index is -3.59. The van der Waals surface area contributed by atoms with Crippen molar-refractivity contribution < 1.29 is 8.42 Å². The smallest absolute Gasteiger partial charge is 0.244 e. The third kappa shape index (κ3) is 2.65. The number of nitrogens with one attached hydrogen (secondary N) is 1. The Labute approximate surface area is 117 Å². The number of hydrogen-bond donors (Lipinski definition) is 1. The lowest BCUT2D eigenvalue weighted by atomic mass is 10.3. The summed E-state index contributed by atoms with van der Waals surface area (Å²) in [6.45, 7) is 3.58. The standard InChI is InChI=1S/C11H14Cl2N2O2S/c1-8-7-14-4-5-15(8)18(16,17)11-6-9(12)2-3-10(11)13/h2-3,6,8,14H,4-5,7H2,1H3/t8-/m0/s1. The second kappa shape index (κ2) is 5.35. The highest BCUT2D eigenvalue weighted by Crippen LogP contribution is 2.28. The predicted octanol–water partition coefficient (Wildman–Crippen LogP) is 1.98. The topological polar surface area (TPSA) is 49.4 Å². The molecule has 1 N–H and O–H groups in total. The van der Waals surface area contributed by atoms with E-state index in [2.05, 4.69) is 5.32 Å². The lowest BCUT2D eigenvalue weighted by Gasteiger charge is -2.33. The quantitative estimate of drug-likeness (QED) is 0.909. The van der Waals surface area contributed by atoms with Gasteiger partial charge in [0.25, 0.3) is 0 Å². The Kier molecular flexibility index (Phi) is 4.18. The average Bonchev–Trinajstić information content (AvgIpc) is 2.32. The van der Waals surface area contributed by atoms with Crippen LogP contribution in [0.5, 0.6) is 0 Å². The van der Waals surface area contributed by atoms with E-state index in [0.29, 0.717) is 24.7 Å². The van der Waals surface area contributed by atoms with Crippen LogP contribution in [0.25, 0.3) is 0 Å². The van der Waals surface area contributed by atoms with Crippen molar-refractivity contribution in [2.45, 2.75) is 17.9 Å². The Morgan fingerprint density at radius 1 is 1.39 bits per heavy atom. The molecule has 0 aliphatic carbocycles. The number of benzene rings is 1. The fraction of sp³-hybridized carbons (Fsp3) is 0.455. The van der Waals surface area contributed by atoms with Crippen molar-refractivity contribution >= 4 is 33.2 Å². The predicted molar refractivity (Wildman–Crippen MR) is 72.7 cm³/mol. The first-order chi connectivity index (χ1) is 8.43. The zero-order chi connectivity index (χ0) is 13.3. The zero-order valence-corrected chi connectivity index (χ0v) is 12.2. The lowest BCUT2D eigenvalue weighted by Crippen LogP contribution is -2.52. The minimum Gasteiger partial charge on any atom is -0.314 e. The van der Waals surface area contributed by atoms with Gasteiger partial charge in [-0.3, -0.25) is 0 Å². The van der Waals surface area contributed by atoms with Crippen molar-refractivity contribution in [1.29, 1.82) is 0 Å². The molecule has 2 rings (SSSR count). The van der Waals surface area contributed by atoms with Crippen LogP contribution in [0.4, 0.5) is 0 Å². The van der Waals surface area contributed by atoms with Crippen LogP contribution >= 0.6 is 23.2 Å². The average molecular weight is 309 g/mol. The molecule has 0 amide bonds. The molecule has 1 aliphatic heterocycles. The molecular weight excluding hydrogens is 295 g/mol. The molecule has 0 aromatic heterocycles. The number of piperazine rings is 1. The molecule has 1 saturated heterocycles. The van der Waals surface area contributed by atoms with Gasteiger partial charge in [0.05, 0.1) is 5.02 Å². The maximum atomic E-state index is 12.5. The van der Waals surface area contributed by atoms with Crippen LogP contribution in [-0.4, -0.2) is 38.4 Å². The summed E-state index contributed by atoms with van der Waals surface area (Å²) < 4.78 is 26.5. The molecule has 0 radical (unpaired) electrons. The highest BCUT2D eigenvalue weighted by molar-refractivity contribution is 7.89. The minimum absolute atomic E-state index is 0.0745. The molecule has 1 aliphatic rings. The second-order valence-corrected chi connectivity index (χ2v) is 6.95. The van der Waals surface area contributed by atoms with Crippen molar-refractivity contribution in [3.8, 4) is 0 Å². The van der Waals surface area contributed by atoms with Crippen LogP contribution in [0.2, 0.25) is 10.0 Å². The van der Waals surface area contributed by atoms with Crippen molar-refractivity contribution in [1.82, 2.24) is 9.62 Å². The van der Waals surface area contributed by atoms with Crippen molar-refractivity contribution in [3.63, 3.8) is 0 Å². The third-order valence-corrected chi connectivity index (χ3v) is 5.65. The second-order valence-electron chi connectivity index (χ2n) is 4.24. The summed E-state index contributed by atoms with van der Waals surface area (Å²) in [5, 5.41) is 3.71. The van der Waals surface area contributed by atoms with Gasteiger partial charge in [-0.2, -0.15) is 4.31 Å². The zero-order valence-electron chi connectivity index (χ0n) is 9.86. The molecule has 1 fully saturated rings. The molecule has 0 spiro atoms. The fourth-order valence-electron chi connectivity index (χ4n) is 1.98. The summed E-state index contributed by atoms with van der Waals surface area (Å²) in [6.07, 6.45) is 0. The van der Waals surface area contributed by atoms with Crippen molar-refractivity contribution in [2.75, 3.05) is 19.6 Å². The van der Waals surface area contributed by atoms with E-state index in [-0.39, 0.29) is 16.0 Å². The van der Waals surface area contributed by atoms with E-state index in [1.54, 1.807) is 6.07 Å². The van der Waals surface area contributed by atoms with Gasteiger partial charge in [-0.05, 0) is 25.1 Å². The van der Waals surface area contributed by atoms with E-state index in [0.717, 1.165) is 0 Å². The molecule has 0 bridgehead atoms. The van der Waals surface area contributed by atoms with Crippen LogP contribution in [0.15, 0.2) is 23.1 Å². The van der Waals surface area contributed by atoms with Gasteiger partial charge in [0.2, 0.25) is 10.0 Å². The van der Waals surface area contributed by atoms with Crippen LogP contribution in [0.1, 0.15) is 6.92 Å². The van der Waals surface area contributed by atoms with Gasteiger partial charge in [0.1, 0.15) is 4.90 Å². The monoisotopic (exact) mass is 308 g/mol. The van der Waals surface area contributed by atoms with Gasteiger partial charge < -0.3 is 5.32 Å². The summed E-state index contributed by atoms with van der Waals surface area (Å²) in [5.74, 6) is 0. The molecule has 1 heterocycles. The number of halogens is 2. The highest BCUT2D eigenvalue weighted by Gasteiger charge is 2.32. The summed E-state index contributed by atoms with van der Waals surface area (Å²) >= 11 is 11.8. The molecular formula is C11H14Cl2N2O2S. The summed E-state index contributed by atoms with van der Waals surface area (Å²) in [5.41, 5.74) is 0. The molecule has 1 aromatic carbocycles. The Balaban J connectivity index is 2.44. The molecule has 100 valence electrons. The van der Waals surface area contributed by atoms with Crippen molar-refractivity contribution in [3.05, 3.63) is 28.2 Å². The Morgan fingerprint density at radius 2 is 2.11 bits per heavy atom. The SMILES string of the molecule is C[C@H]1CNCCN1S(=O)(=O)c1cc(Cl)ccc1Cl. The third-order valence-electron chi connectivity index (χ3n) is 2.92. The van der Waals surface area contributed by atoms with E-state index < -0.39 is 10.0 Å². The normalized spacial score (nSPS) is 22.1. The van der Waals surface area contributed by atoms with E-state index >= 15 is 0 Å². The first-order valence-corrected chi connectivity index (χ1v) is 7.80. The molecule has 0 saturated carbocycles. The van der Waals surface area contributed by atoms with Crippen LogP contribution < -0.4 is 5.32 Å². The summed E-state index contributed by atoms with van der Waals surface area (Å²) in [4.78, 5) is 0.0745. The van der Waals surface area contributed by atoms with Crippen LogP contribution in [0, 0.1) is 0 Å². The van der Waals surface area contributed by atoms with Crippen LogP contribution in [-0.2, 0) is 10.0 Å². The number of rotatable bonds is 2. The van der Waals surface area contributed by atoms with E-state index in [4.69, 9.17) is 23.2 Å². The van der Waals surface area contributed by atoms with Crippen LogP contribution in [0.3, 0.4) is 0 Å². The Bertz CT molecular complexity index is 548. The fourth-order valence-corrected chi connectivity index (χ4v) is 4.35. The summed E-state index contributed by atoms with van der Waals surface area (Å²) in [6, 6.07) is 4.38. The molecule has 4 nitrogen and oxygen atoms in total. The number of hydrogen-bond acceptors (Lipinski definition) is 3. The van der Waals surface area contributed by atoms with Gasteiger partial charge in [0.15, 0.2) is 0 Å². The van der Waals surface area contributed by atoms with E-state index in [1.165, 1.54) is 16.4 Å². The van der Waals surface area contributed by atoms with Gasteiger partial charge >= 0.3 is 0 Å². The van der Waals surface area contributed by atoms with E-state index in [9.17, 15) is 8.42 Å². The lowest BCUT2D eigenvalue weighted by molar-refractivity contribution is 0.284. The van der Waals surface area contributed by atoms with Gasteiger partial charge in [0, 0.05) is 30.7 Å². The molecule has 7 heteroatoms. The number of sulfonamides is 1.